The molecule has 1 aromatic carbocycles. The van der Waals surface area contributed by atoms with E-state index < -0.39 is 18.1 Å². The van der Waals surface area contributed by atoms with E-state index in [9.17, 15) is 9.59 Å². The third kappa shape index (κ3) is 4.66. The number of rotatable bonds is 7. The van der Waals surface area contributed by atoms with Crippen LogP contribution in [-0.4, -0.2) is 29.7 Å². The first-order valence-corrected chi connectivity index (χ1v) is 6.65. The van der Waals surface area contributed by atoms with Gasteiger partial charge in [0, 0.05) is 6.61 Å². The maximum Gasteiger partial charge on any atom is 0.305 e. The van der Waals surface area contributed by atoms with Crippen molar-refractivity contribution in [2.75, 3.05) is 6.61 Å². The Bertz CT molecular complexity index is 473. The van der Waals surface area contributed by atoms with Gasteiger partial charge in [0.05, 0.1) is 12.5 Å². The molecule has 0 heterocycles. The third-order valence-corrected chi connectivity index (χ3v) is 3.05. The minimum Gasteiger partial charge on any atom is -0.481 e. The van der Waals surface area contributed by atoms with E-state index in [1.165, 1.54) is 0 Å². The molecule has 0 aliphatic heterocycles. The average Bonchev–Trinajstić information content (AvgIpc) is 2.38. The summed E-state index contributed by atoms with van der Waals surface area (Å²) in [6.45, 7) is 5.78. The van der Waals surface area contributed by atoms with Gasteiger partial charge in [0.15, 0.2) is 0 Å². The van der Waals surface area contributed by atoms with Gasteiger partial charge in [-0.05, 0) is 31.9 Å². The Kier molecular flexibility index (Phi) is 6.18. The first-order chi connectivity index (χ1) is 9.45. The van der Waals surface area contributed by atoms with Gasteiger partial charge in [-0.15, -0.1) is 0 Å². The smallest absolute Gasteiger partial charge is 0.305 e. The van der Waals surface area contributed by atoms with Crippen LogP contribution in [-0.2, 0) is 14.3 Å². The SMILES string of the molecule is CCOC(C)C(=O)NC(CC(=O)O)c1ccccc1C. The van der Waals surface area contributed by atoms with Crippen LogP contribution in [0.25, 0.3) is 0 Å². The van der Waals surface area contributed by atoms with Crippen molar-refractivity contribution in [2.24, 2.45) is 0 Å². The van der Waals surface area contributed by atoms with Crippen LogP contribution in [0.15, 0.2) is 24.3 Å². The summed E-state index contributed by atoms with van der Waals surface area (Å²) in [7, 11) is 0. The van der Waals surface area contributed by atoms with Crippen LogP contribution in [0.2, 0.25) is 0 Å². The van der Waals surface area contributed by atoms with Gasteiger partial charge >= 0.3 is 5.97 Å². The van der Waals surface area contributed by atoms with Crippen LogP contribution in [0, 0.1) is 6.92 Å². The van der Waals surface area contributed by atoms with Gasteiger partial charge in [0.25, 0.3) is 0 Å². The summed E-state index contributed by atoms with van der Waals surface area (Å²) in [5, 5.41) is 11.8. The van der Waals surface area contributed by atoms with Crippen molar-refractivity contribution in [1.29, 1.82) is 0 Å². The maximum absolute atomic E-state index is 12.0. The van der Waals surface area contributed by atoms with E-state index in [2.05, 4.69) is 5.32 Å². The molecule has 2 N–H and O–H groups in total. The van der Waals surface area contributed by atoms with Gasteiger partial charge < -0.3 is 15.2 Å². The number of hydrogen-bond donors (Lipinski definition) is 2. The molecule has 2 unspecified atom stereocenters. The van der Waals surface area contributed by atoms with E-state index in [1.54, 1.807) is 13.8 Å². The molecule has 0 aromatic heterocycles. The number of aryl methyl sites for hydroxylation is 1. The molecule has 0 radical (unpaired) electrons. The standard InChI is InChI=1S/C15H21NO4/c1-4-20-11(3)15(19)16-13(9-14(17)18)12-8-6-5-7-10(12)2/h5-8,11,13H,4,9H2,1-3H3,(H,16,19)(H,17,18). The van der Waals surface area contributed by atoms with Crippen LogP contribution in [0.3, 0.4) is 0 Å². The number of hydrogen-bond acceptors (Lipinski definition) is 3. The lowest BCUT2D eigenvalue weighted by molar-refractivity contribution is -0.138. The zero-order valence-corrected chi connectivity index (χ0v) is 12.1. The molecule has 20 heavy (non-hydrogen) atoms. The number of carboxylic acid groups (broad SMARTS) is 1. The molecule has 0 spiro atoms. The van der Waals surface area contributed by atoms with Crippen molar-refractivity contribution in [3.63, 3.8) is 0 Å². The highest BCUT2D eigenvalue weighted by Gasteiger charge is 2.22. The number of carbonyl (C=O) groups excluding carboxylic acids is 1. The van der Waals surface area contributed by atoms with Crippen molar-refractivity contribution in [1.82, 2.24) is 5.32 Å². The Balaban J connectivity index is 2.88. The van der Waals surface area contributed by atoms with Crippen LogP contribution in [0.5, 0.6) is 0 Å². The molecule has 2 atom stereocenters. The number of carbonyl (C=O) groups is 2. The average molecular weight is 279 g/mol. The molecule has 110 valence electrons. The fourth-order valence-corrected chi connectivity index (χ4v) is 2.01. The zero-order chi connectivity index (χ0) is 15.1. The normalized spacial score (nSPS) is 13.6. The fourth-order valence-electron chi connectivity index (χ4n) is 2.01. The molecule has 1 rings (SSSR count). The number of ether oxygens (including phenoxy) is 1. The molecular formula is C15H21NO4. The van der Waals surface area contributed by atoms with Crippen molar-refractivity contribution >= 4 is 11.9 Å². The Morgan fingerprint density at radius 3 is 2.55 bits per heavy atom. The van der Waals surface area contributed by atoms with E-state index in [4.69, 9.17) is 9.84 Å². The lowest BCUT2D eigenvalue weighted by Crippen LogP contribution is -2.38. The summed E-state index contributed by atoms with van der Waals surface area (Å²) in [5.74, 6) is -1.26. The largest absolute Gasteiger partial charge is 0.481 e. The Morgan fingerprint density at radius 1 is 1.35 bits per heavy atom. The molecule has 1 amide bonds. The van der Waals surface area contributed by atoms with Gasteiger partial charge in [-0.3, -0.25) is 9.59 Å². The predicted molar refractivity (Wildman–Crippen MR) is 75.4 cm³/mol. The van der Waals surface area contributed by atoms with E-state index in [1.807, 2.05) is 31.2 Å². The second-order valence-corrected chi connectivity index (χ2v) is 4.61. The van der Waals surface area contributed by atoms with E-state index in [0.717, 1.165) is 11.1 Å². The number of nitrogens with one attached hydrogen (secondary N) is 1. The van der Waals surface area contributed by atoms with Crippen molar-refractivity contribution < 1.29 is 19.4 Å². The van der Waals surface area contributed by atoms with Crippen molar-refractivity contribution in [3.8, 4) is 0 Å². The molecule has 0 saturated carbocycles. The summed E-state index contributed by atoms with van der Waals surface area (Å²) >= 11 is 0. The van der Waals surface area contributed by atoms with Gasteiger partial charge in [-0.2, -0.15) is 0 Å². The highest BCUT2D eigenvalue weighted by atomic mass is 16.5. The van der Waals surface area contributed by atoms with Gasteiger partial charge in [0.1, 0.15) is 6.10 Å². The third-order valence-electron chi connectivity index (χ3n) is 3.05. The number of amides is 1. The van der Waals surface area contributed by atoms with E-state index in [-0.39, 0.29) is 12.3 Å². The van der Waals surface area contributed by atoms with Crippen molar-refractivity contribution in [3.05, 3.63) is 35.4 Å². The second kappa shape index (κ2) is 7.65. The molecule has 1 aromatic rings. The summed E-state index contributed by atoms with van der Waals surface area (Å²) < 4.78 is 5.22. The minimum atomic E-state index is -0.956. The first kappa shape index (κ1) is 16.2. The zero-order valence-electron chi connectivity index (χ0n) is 12.1. The quantitative estimate of drug-likeness (QED) is 0.801. The van der Waals surface area contributed by atoms with Crippen LogP contribution in [0.4, 0.5) is 0 Å². The molecule has 0 saturated heterocycles. The summed E-state index contributed by atoms with van der Waals surface area (Å²) in [6, 6.07) is 6.87. The molecule has 0 aliphatic rings. The number of aliphatic carboxylic acids is 1. The monoisotopic (exact) mass is 279 g/mol. The first-order valence-electron chi connectivity index (χ1n) is 6.65. The highest BCUT2D eigenvalue weighted by Crippen LogP contribution is 2.21. The fraction of sp³-hybridized carbons (Fsp3) is 0.467. The van der Waals surface area contributed by atoms with Gasteiger partial charge in [0.2, 0.25) is 5.91 Å². The van der Waals surface area contributed by atoms with Gasteiger partial charge in [-0.25, -0.2) is 0 Å². The Labute approximate surface area is 118 Å². The molecule has 0 bridgehead atoms. The number of carboxylic acids is 1. The lowest BCUT2D eigenvalue weighted by Gasteiger charge is -2.21. The molecule has 5 heteroatoms. The van der Waals surface area contributed by atoms with Crippen LogP contribution >= 0.6 is 0 Å². The number of benzene rings is 1. The predicted octanol–water partition coefficient (Wildman–Crippen LogP) is 2.05. The highest BCUT2D eigenvalue weighted by molar-refractivity contribution is 5.81. The minimum absolute atomic E-state index is 0.157. The molecule has 0 aliphatic carbocycles. The maximum atomic E-state index is 12.0. The van der Waals surface area contributed by atoms with E-state index in [0.29, 0.717) is 6.61 Å². The van der Waals surface area contributed by atoms with E-state index >= 15 is 0 Å². The second-order valence-electron chi connectivity index (χ2n) is 4.61. The lowest BCUT2D eigenvalue weighted by atomic mass is 9.98. The molecule has 0 fully saturated rings. The Morgan fingerprint density at radius 2 is 2.00 bits per heavy atom. The van der Waals surface area contributed by atoms with Crippen LogP contribution in [0.1, 0.15) is 37.4 Å². The molecular weight excluding hydrogens is 258 g/mol. The summed E-state index contributed by atoms with van der Waals surface area (Å²) in [6.07, 6.45) is -0.754. The summed E-state index contributed by atoms with van der Waals surface area (Å²) in [5.41, 5.74) is 1.76. The summed E-state index contributed by atoms with van der Waals surface area (Å²) in [4.78, 5) is 23.0. The molecule has 5 nitrogen and oxygen atoms in total. The van der Waals surface area contributed by atoms with Gasteiger partial charge in [-0.1, -0.05) is 24.3 Å². The Hall–Kier alpha value is -1.88. The van der Waals surface area contributed by atoms with Crippen LogP contribution < -0.4 is 5.32 Å². The topological polar surface area (TPSA) is 75.6 Å². The van der Waals surface area contributed by atoms with Crippen molar-refractivity contribution in [2.45, 2.75) is 39.3 Å².